The van der Waals surface area contributed by atoms with Crippen LogP contribution in [0.4, 0.5) is 11.4 Å². The van der Waals surface area contributed by atoms with Crippen molar-refractivity contribution in [1.29, 1.82) is 0 Å². The number of halogens is 1. The summed E-state index contributed by atoms with van der Waals surface area (Å²) in [6.45, 7) is 5.34. The molecule has 0 bridgehead atoms. The zero-order valence-corrected chi connectivity index (χ0v) is 29.1. The number of hydrogen-bond donors (Lipinski definition) is 3. The van der Waals surface area contributed by atoms with Crippen LogP contribution in [-0.2, 0) is 31.3 Å². The second kappa shape index (κ2) is 14.9. The average Bonchev–Trinajstić information content (AvgIpc) is 3.44. The van der Waals surface area contributed by atoms with E-state index in [1.54, 1.807) is 12.1 Å². The molecule has 2 aliphatic rings. The van der Waals surface area contributed by atoms with Gasteiger partial charge >= 0.3 is 0 Å². The number of carbonyl (C=O) groups is 2. The Hall–Kier alpha value is -4.56. The molecule has 2 amide bonds. The van der Waals surface area contributed by atoms with Gasteiger partial charge in [-0.25, -0.2) is 4.98 Å². The number of methoxy groups -OCH3 is 2. The molecule has 4 heterocycles. The van der Waals surface area contributed by atoms with E-state index in [1.807, 2.05) is 49.9 Å². The largest absolute Gasteiger partial charge is 0.481 e. The molecule has 2 aromatic carbocycles. The lowest BCUT2D eigenvalue weighted by atomic mass is 9.98. The molecule has 6 rings (SSSR count). The van der Waals surface area contributed by atoms with Gasteiger partial charge < -0.3 is 39.6 Å². The molecule has 4 aromatic rings. The molecule has 13 nitrogen and oxygen atoms in total. The van der Waals surface area contributed by atoms with Crippen molar-refractivity contribution < 1.29 is 23.8 Å². The topological polar surface area (TPSA) is 145 Å². The van der Waals surface area contributed by atoms with E-state index in [2.05, 4.69) is 35.8 Å². The number of aromatic nitrogens is 4. The molecule has 2 aliphatic heterocycles. The highest BCUT2D eigenvalue weighted by Crippen LogP contribution is 2.38. The Balaban J connectivity index is 1.21. The lowest BCUT2D eigenvalue weighted by Crippen LogP contribution is -2.34. The summed E-state index contributed by atoms with van der Waals surface area (Å²) in [6.07, 6.45) is 2.64. The monoisotopic (exact) mass is 688 g/mol. The second-order valence-electron chi connectivity index (χ2n) is 12.2. The minimum Gasteiger partial charge on any atom is -0.481 e. The van der Waals surface area contributed by atoms with Gasteiger partial charge in [0.2, 0.25) is 17.6 Å². The number of imidazole rings is 1. The van der Waals surface area contributed by atoms with E-state index in [1.165, 1.54) is 14.2 Å². The fourth-order valence-corrected chi connectivity index (χ4v) is 6.58. The summed E-state index contributed by atoms with van der Waals surface area (Å²) in [5.74, 6) is -0.124. The maximum absolute atomic E-state index is 13.5. The van der Waals surface area contributed by atoms with E-state index in [-0.39, 0.29) is 23.5 Å². The van der Waals surface area contributed by atoms with Gasteiger partial charge in [0.05, 0.1) is 36.2 Å². The van der Waals surface area contributed by atoms with Crippen molar-refractivity contribution in [2.75, 3.05) is 51.7 Å². The van der Waals surface area contributed by atoms with Crippen molar-refractivity contribution in [2.45, 2.75) is 45.3 Å². The molecule has 14 heteroatoms. The van der Waals surface area contributed by atoms with Gasteiger partial charge in [-0.2, -0.15) is 9.97 Å². The lowest BCUT2D eigenvalue weighted by Gasteiger charge is -2.24. The summed E-state index contributed by atoms with van der Waals surface area (Å²) in [7, 11) is 6.90. The van der Waals surface area contributed by atoms with Gasteiger partial charge in [-0.3, -0.25) is 9.59 Å². The number of fused-ring (bicyclic) bond motifs is 1. The number of likely N-dealkylation sites (N-methyl/N-ethyl adjacent to an activating group) is 1. The van der Waals surface area contributed by atoms with Crippen LogP contribution in [0.25, 0.3) is 11.1 Å². The fourth-order valence-electron chi connectivity index (χ4n) is 6.30. The average molecular weight is 689 g/mol. The number of carbonyl (C=O) groups excluding carboxylic acids is 2. The minimum atomic E-state index is -0.531. The van der Waals surface area contributed by atoms with Crippen LogP contribution < -0.4 is 25.4 Å². The number of anilines is 2. The summed E-state index contributed by atoms with van der Waals surface area (Å²) >= 11 is 6.92. The van der Waals surface area contributed by atoms with Gasteiger partial charge in [0, 0.05) is 69.3 Å². The van der Waals surface area contributed by atoms with Gasteiger partial charge in [-0.05, 0) is 50.1 Å². The van der Waals surface area contributed by atoms with Gasteiger partial charge in [-0.1, -0.05) is 35.9 Å². The first-order valence-corrected chi connectivity index (χ1v) is 16.6. The number of ether oxygens (including phenoxy) is 3. The summed E-state index contributed by atoms with van der Waals surface area (Å²) in [6, 6.07) is 11.3. The molecule has 3 N–H and O–H groups in total. The summed E-state index contributed by atoms with van der Waals surface area (Å²) in [5, 5.41) is 9.73. The van der Waals surface area contributed by atoms with E-state index in [0.29, 0.717) is 65.7 Å². The smallest absolute Gasteiger partial charge is 0.293 e. The number of nitrogens with one attached hydrogen (secondary N) is 3. The Kier molecular flexibility index (Phi) is 10.4. The Morgan fingerprint density at radius 3 is 2.29 bits per heavy atom. The predicted octanol–water partition coefficient (Wildman–Crippen LogP) is 4.62. The van der Waals surface area contributed by atoms with E-state index in [9.17, 15) is 9.59 Å². The number of benzene rings is 2. The van der Waals surface area contributed by atoms with Crippen molar-refractivity contribution in [3.8, 4) is 22.9 Å². The molecular formula is C35H41ClN8O5. The van der Waals surface area contributed by atoms with Crippen LogP contribution in [0.15, 0.2) is 36.4 Å². The molecule has 0 spiro atoms. The first-order valence-electron chi connectivity index (χ1n) is 16.2. The first kappa shape index (κ1) is 34.3. The highest BCUT2D eigenvalue weighted by Gasteiger charge is 2.26. The van der Waals surface area contributed by atoms with Gasteiger partial charge in [0.25, 0.3) is 11.8 Å². The van der Waals surface area contributed by atoms with Crippen LogP contribution in [0.1, 0.15) is 56.6 Å². The standard InChI is InChI=1S/C35H41ClN8O5/c1-20-22(23-9-7-11-26(29(23)36)40-33(46)31-38-27-19-43(2)15-12-28(27)44(31)3)8-6-10-25(20)39-32(45)30-41-34(47-4)24(35(42-30)48-5)18-37-21-13-16-49-17-14-21/h6-11,21,37H,12-19H2,1-5H3,(H,39,45)(H,40,46). The van der Waals surface area contributed by atoms with Gasteiger partial charge in [-0.15, -0.1) is 0 Å². The van der Waals surface area contributed by atoms with Crippen molar-refractivity contribution >= 4 is 34.8 Å². The van der Waals surface area contributed by atoms with E-state index in [0.717, 1.165) is 48.3 Å². The van der Waals surface area contributed by atoms with Crippen molar-refractivity contribution in [2.24, 2.45) is 7.05 Å². The third kappa shape index (κ3) is 7.25. The molecule has 49 heavy (non-hydrogen) atoms. The maximum Gasteiger partial charge on any atom is 0.293 e. The Bertz CT molecular complexity index is 1850. The molecule has 0 saturated carbocycles. The van der Waals surface area contributed by atoms with Crippen LogP contribution in [-0.4, -0.2) is 83.3 Å². The zero-order chi connectivity index (χ0) is 34.7. The SMILES string of the molecule is COc1nc(C(=O)Nc2cccc(-c3cccc(NC(=O)c4nc5c(n4C)CCN(C)C5)c3Cl)c2C)nc(OC)c1CNC1CCOCC1. The molecule has 2 aromatic heterocycles. The number of rotatable bonds is 10. The van der Waals surface area contributed by atoms with Crippen molar-refractivity contribution in [1.82, 2.24) is 29.7 Å². The third-order valence-corrected chi connectivity index (χ3v) is 9.49. The Morgan fingerprint density at radius 1 is 0.939 bits per heavy atom. The third-order valence-electron chi connectivity index (χ3n) is 9.08. The lowest BCUT2D eigenvalue weighted by molar-refractivity contribution is 0.0774. The van der Waals surface area contributed by atoms with Crippen LogP contribution in [0.3, 0.4) is 0 Å². The van der Waals surface area contributed by atoms with Gasteiger partial charge in [0.15, 0.2) is 5.82 Å². The van der Waals surface area contributed by atoms with Crippen LogP contribution >= 0.6 is 11.6 Å². The summed E-state index contributed by atoms with van der Waals surface area (Å²) in [5.41, 5.74) is 5.84. The summed E-state index contributed by atoms with van der Waals surface area (Å²) in [4.78, 5) is 42.5. The minimum absolute atomic E-state index is 0.0985. The van der Waals surface area contributed by atoms with E-state index in [4.69, 9.17) is 25.8 Å². The summed E-state index contributed by atoms with van der Waals surface area (Å²) < 4.78 is 18.4. The number of hydrogen-bond acceptors (Lipinski definition) is 10. The molecule has 0 aliphatic carbocycles. The molecule has 1 fully saturated rings. The molecule has 258 valence electrons. The van der Waals surface area contributed by atoms with Crippen LogP contribution in [0.2, 0.25) is 5.02 Å². The molecule has 0 unspecified atom stereocenters. The molecule has 0 radical (unpaired) electrons. The van der Waals surface area contributed by atoms with E-state index >= 15 is 0 Å². The number of amides is 2. The fraction of sp³-hybridized carbons (Fsp3) is 0.400. The van der Waals surface area contributed by atoms with Crippen molar-refractivity contribution in [3.05, 3.63) is 75.6 Å². The predicted molar refractivity (Wildman–Crippen MR) is 187 cm³/mol. The quantitative estimate of drug-likeness (QED) is 0.216. The van der Waals surface area contributed by atoms with Crippen LogP contribution in [0, 0.1) is 6.92 Å². The Labute approximate surface area is 290 Å². The van der Waals surface area contributed by atoms with Crippen molar-refractivity contribution in [3.63, 3.8) is 0 Å². The van der Waals surface area contributed by atoms with Gasteiger partial charge in [0.1, 0.15) is 0 Å². The highest BCUT2D eigenvalue weighted by molar-refractivity contribution is 6.36. The first-order chi connectivity index (χ1) is 23.7. The zero-order valence-electron chi connectivity index (χ0n) is 28.4. The molecule has 0 atom stereocenters. The Morgan fingerprint density at radius 2 is 1.59 bits per heavy atom. The number of nitrogens with zero attached hydrogens (tertiary/aromatic N) is 5. The normalized spacial score (nSPS) is 15.1. The maximum atomic E-state index is 13.5. The van der Waals surface area contributed by atoms with Crippen LogP contribution in [0.5, 0.6) is 11.8 Å². The highest BCUT2D eigenvalue weighted by atomic mass is 35.5. The second-order valence-corrected chi connectivity index (χ2v) is 12.6. The molecular weight excluding hydrogens is 648 g/mol. The van der Waals surface area contributed by atoms with E-state index < -0.39 is 5.91 Å². The molecule has 1 saturated heterocycles.